The number of hydrogen-bond donors (Lipinski definition) is 3. The highest BCUT2D eigenvalue weighted by atomic mass is 18.2. The predicted molar refractivity (Wildman–Crippen MR) is 123 cm³/mol. The van der Waals surface area contributed by atoms with Crippen LogP contribution in [0.3, 0.4) is 0 Å². The van der Waals surface area contributed by atoms with E-state index in [1.165, 1.54) is 22.9 Å². The zero-order valence-electron chi connectivity index (χ0n) is 19.4. The SMILES string of the molecule is Cc1cn(C2CC(O)C(CO)O2)c(=O)n(CCCCCCNC(=O)c2ccc([18F])c(C#N)c2)c1=O. The number of hydrogen-bond acceptors (Lipinski definition) is 7. The molecule has 10 nitrogen and oxygen atoms in total. The molecule has 3 atom stereocenters. The predicted octanol–water partition coefficient (Wildman–Crippen LogP) is 0.960. The Morgan fingerprint density at radius 2 is 2.03 bits per heavy atom. The van der Waals surface area contributed by atoms with Crippen molar-refractivity contribution >= 4 is 5.91 Å². The molecule has 0 saturated carbocycles. The molecule has 1 fully saturated rings. The first-order chi connectivity index (χ1) is 16.8. The maximum Gasteiger partial charge on any atom is 0.333 e. The molecule has 0 aliphatic carbocycles. The first-order valence-corrected chi connectivity index (χ1v) is 11.5. The first kappa shape index (κ1) is 26.3. The Kier molecular flexibility index (Phi) is 8.92. The Hall–Kier alpha value is -3.33. The number of aliphatic hydroxyl groups excluding tert-OH is 2. The van der Waals surface area contributed by atoms with Crippen LogP contribution in [0.1, 0.15) is 59.8 Å². The third-order valence-electron chi connectivity index (χ3n) is 6.00. The minimum Gasteiger partial charge on any atom is -0.394 e. The summed E-state index contributed by atoms with van der Waals surface area (Å²) in [7, 11) is 0. The van der Waals surface area contributed by atoms with E-state index in [4.69, 9.17) is 10.00 Å². The molecule has 0 radical (unpaired) electrons. The van der Waals surface area contributed by atoms with E-state index >= 15 is 0 Å². The van der Waals surface area contributed by atoms with Crippen molar-refractivity contribution in [2.45, 2.75) is 64.0 Å². The van der Waals surface area contributed by atoms with Crippen LogP contribution in [0, 0.1) is 24.1 Å². The van der Waals surface area contributed by atoms with Crippen molar-refractivity contribution in [3.8, 4) is 6.07 Å². The van der Waals surface area contributed by atoms with E-state index in [0.717, 1.165) is 23.5 Å². The van der Waals surface area contributed by atoms with Crippen molar-refractivity contribution in [1.29, 1.82) is 5.26 Å². The van der Waals surface area contributed by atoms with Crippen LogP contribution < -0.4 is 16.6 Å². The second-order valence-corrected chi connectivity index (χ2v) is 8.55. The van der Waals surface area contributed by atoms with Crippen molar-refractivity contribution in [2.24, 2.45) is 0 Å². The fourth-order valence-corrected chi connectivity index (χ4v) is 4.02. The number of rotatable bonds is 10. The van der Waals surface area contributed by atoms with Crippen LogP contribution >= 0.6 is 0 Å². The van der Waals surface area contributed by atoms with E-state index in [1.807, 2.05) is 0 Å². The van der Waals surface area contributed by atoms with Gasteiger partial charge in [0.25, 0.3) is 11.5 Å². The van der Waals surface area contributed by atoms with Gasteiger partial charge in [0.1, 0.15) is 24.2 Å². The van der Waals surface area contributed by atoms with E-state index in [9.17, 15) is 29.0 Å². The van der Waals surface area contributed by atoms with Gasteiger partial charge < -0.3 is 20.3 Å². The molecular formula is C24H29FN4O6. The Morgan fingerprint density at radius 1 is 1.29 bits per heavy atom. The number of nitrogens with zero attached hydrogens (tertiary/aromatic N) is 3. The number of ether oxygens (including phenoxy) is 1. The van der Waals surface area contributed by atoms with E-state index in [0.29, 0.717) is 24.9 Å². The van der Waals surface area contributed by atoms with Gasteiger partial charge in [0.05, 0.1) is 18.3 Å². The summed E-state index contributed by atoms with van der Waals surface area (Å²) >= 11 is 0. The van der Waals surface area contributed by atoms with Crippen LogP contribution in [0.2, 0.25) is 0 Å². The normalized spacial score (nSPS) is 19.5. The van der Waals surface area contributed by atoms with E-state index < -0.39 is 35.8 Å². The highest BCUT2D eigenvalue weighted by molar-refractivity contribution is 5.94. The number of carbonyl (C=O) groups is 1. The zero-order chi connectivity index (χ0) is 25.5. The number of aliphatic hydroxyl groups is 2. The van der Waals surface area contributed by atoms with Gasteiger partial charge in [0.15, 0.2) is 0 Å². The van der Waals surface area contributed by atoms with Gasteiger partial charge in [-0.1, -0.05) is 12.8 Å². The van der Waals surface area contributed by atoms with Crippen LogP contribution in [0.25, 0.3) is 0 Å². The fourth-order valence-electron chi connectivity index (χ4n) is 4.02. The molecule has 3 rings (SSSR count). The molecule has 35 heavy (non-hydrogen) atoms. The summed E-state index contributed by atoms with van der Waals surface area (Å²) in [5.74, 6) is -1.07. The molecule has 3 N–H and O–H groups in total. The smallest absolute Gasteiger partial charge is 0.333 e. The molecule has 11 heteroatoms. The van der Waals surface area contributed by atoms with Gasteiger partial charge in [-0.3, -0.25) is 18.7 Å². The van der Waals surface area contributed by atoms with Crippen LogP contribution in [0.4, 0.5) is 4.39 Å². The summed E-state index contributed by atoms with van der Waals surface area (Å²) in [6.07, 6.45) is 1.85. The van der Waals surface area contributed by atoms with Gasteiger partial charge in [-0.25, -0.2) is 9.18 Å². The lowest BCUT2D eigenvalue weighted by Gasteiger charge is -2.17. The van der Waals surface area contributed by atoms with E-state index in [2.05, 4.69) is 5.32 Å². The standard InChI is InChI=1S/C24H29FN4O6/c1-15-13-29(21-11-19(31)20(14-30)35-21)24(34)28(23(15)33)9-5-3-2-4-8-27-22(32)16-6-7-18(25)17(10-16)12-26/h6-7,10,13,19-21,30-31H,2-5,8-9,11,14H2,1H3,(H,27,32)/i25-1. The summed E-state index contributed by atoms with van der Waals surface area (Å²) < 4.78 is 21.4. The highest BCUT2D eigenvalue weighted by Gasteiger charge is 2.35. The van der Waals surface area contributed by atoms with Crippen LogP contribution in [-0.2, 0) is 11.3 Å². The van der Waals surface area contributed by atoms with E-state index in [1.54, 1.807) is 13.0 Å². The maximum atomic E-state index is 13.4. The van der Waals surface area contributed by atoms with Crippen molar-refractivity contribution in [3.05, 3.63) is 67.7 Å². The van der Waals surface area contributed by atoms with Gasteiger partial charge in [-0.15, -0.1) is 0 Å². The molecule has 1 aliphatic heterocycles. The van der Waals surface area contributed by atoms with Gasteiger partial charge in [0, 0.05) is 36.8 Å². The Balaban J connectivity index is 1.48. The van der Waals surface area contributed by atoms with E-state index in [-0.39, 0.29) is 36.3 Å². The number of nitriles is 1. The van der Waals surface area contributed by atoms with Crippen molar-refractivity contribution in [2.75, 3.05) is 13.2 Å². The Morgan fingerprint density at radius 3 is 2.71 bits per heavy atom. The van der Waals surface area contributed by atoms with Gasteiger partial charge in [-0.05, 0) is 38.0 Å². The lowest BCUT2D eigenvalue weighted by Crippen LogP contribution is -2.42. The minimum absolute atomic E-state index is 0.143. The van der Waals surface area contributed by atoms with Crippen LogP contribution in [0.15, 0.2) is 34.0 Å². The molecule has 1 amide bonds. The van der Waals surface area contributed by atoms with Crippen LogP contribution in [-0.4, -0.2) is 50.6 Å². The molecule has 1 saturated heterocycles. The summed E-state index contributed by atoms with van der Waals surface area (Å²) in [4.78, 5) is 37.5. The highest BCUT2D eigenvalue weighted by Crippen LogP contribution is 2.27. The second-order valence-electron chi connectivity index (χ2n) is 8.55. The number of nitrogens with one attached hydrogen (secondary N) is 1. The lowest BCUT2D eigenvalue weighted by atomic mass is 10.1. The monoisotopic (exact) mass is 487 g/mol. The molecule has 3 unspecified atom stereocenters. The Labute approximate surface area is 201 Å². The number of aryl methyl sites for hydroxylation is 1. The molecule has 1 aromatic heterocycles. The van der Waals surface area contributed by atoms with Crippen molar-refractivity contribution in [1.82, 2.24) is 14.5 Å². The molecule has 2 heterocycles. The van der Waals surface area contributed by atoms with Gasteiger partial charge in [-0.2, -0.15) is 5.26 Å². The molecular weight excluding hydrogens is 458 g/mol. The van der Waals surface area contributed by atoms with Crippen molar-refractivity contribution in [3.63, 3.8) is 0 Å². The quantitative estimate of drug-likeness (QED) is 0.423. The molecule has 2 aromatic rings. The van der Waals surface area contributed by atoms with Gasteiger partial charge >= 0.3 is 5.69 Å². The van der Waals surface area contributed by atoms with Gasteiger partial charge in [0.2, 0.25) is 0 Å². The fraction of sp³-hybridized carbons (Fsp3) is 0.500. The minimum atomic E-state index is -0.894. The van der Waals surface area contributed by atoms with Crippen LogP contribution in [0.5, 0.6) is 0 Å². The topological polar surface area (TPSA) is 147 Å². The summed E-state index contributed by atoms with van der Waals surface area (Å²) in [6, 6.07) is 5.31. The number of unbranched alkanes of at least 4 members (excludes halogenated alkanes) is 3. The second kappa shape index (κ2) is 11.9. The Bertz CT molecular complexity index is 1220. The lowest BCUT2D eigenvalue weighted by molar-refractivity contribution is -0.0464. The molecule has 188 valence electrons. The molecule has 0 bridgehead atoms. The average molecular weight is 488 g/mol. The zero-order valence-corrected chi connectivity index (χ0v) is 19.4. The summed E-state index contributed by atoms with van der Waals surface area (Å²) in [5.41, 5.74) is -0.515. The number of halogens is 1. The number of amides is 1. The largest absolute Gasteiger partial charge is 0.394 e. The molecule has 1 aromatic carbocycles. The average Bonchev–Trinajstić information content (AvgIpc) is 3.22. The molecule has 0 spiro atoms. The molecule has 1 aliphatic rings. The number of aromatic nitrogens is 2. The third kappa shape index (κ3) is 6.22. The number of carbonyl (C=O) groups excluding carboxylic acids is 1. The maximum absolute atomic E-state index is 13.4. The first-order valence-electron chi connectivity index (χ1n) is 11.5. The summed E-state index contributed by atoms with van der Waals surface area (Å²) in [5, 5.41) is 30.8. The van der Waals surface area contributed by atoms with Crippen molar-refractivity contribution < 1.29 is 24.1 Å². The summed E-state index contributed by atoms with van der Waals surface area (Å²) in [6.45, 7) is 1.85. The number of benzene rings is 1. The third-order valence-corrected chi connectivity index (χ3v) is 6.00.